The number of hydrogen-bond donors (Lipinski definition) is 2. The van der Waals surface area contributed by atoms with Crippen LogP contribution in [-0.2, 0) is 0 Å². The summed E-state index contributed by atoms with van der Waals surface area (Å²) in [6.07, 6.45) is 2.36. The number of halogens is 1. The lowest BCUT2D eigenvalue weighted by atomic mass is 10.1. The minimum atomic E-state index is 0.0683. The number of nitrogens with one attached hydrogen (secondary N) is 1. The van der Waals surface area contributed by atoms with E-state index in [1.165, 1.54) is 6.33 Å². The summed E-state index contributed by atoms with van der Waals surface area (Å²) in [6, 6.07) is 8.17. The zero-order chi connectivity index (χ0) is 15.2. The smallest absolute Gasteiger partial charge is 0.242 e. The van der Waals surface area contributed by atoms with Crippen molar-refractivity contribution in [3.63, 3.8) is 0 Å². The van der Waals surface area contributed by atoms with Gasteiger partial charge in [-0.3, -0.25) is 0 Å². The number of hydrogen-bond acceptors (Lipinski definition) is 5. The van der Waals surface area contributed by atoms with E-state index in [0.29, 0.717) is 24.0 Å². The molecule has 0 fully saturated rings. The van der Waals surface area contributed by atoms with E-state index in [1.54, 1.807) is 0 Å². The van der Waals surface area contributed by atoms with Gasteiger partial charge in [0.15, 0.2) is 5.82 Å². The molecule has 0 aliphatic heterocycles. The largest absolute Gasteiger partial charge is 0.476 e. The van der Waals surface area contributed by atoms with Crippen molar-refractivity contribution in [2.24, 2.45) is 0 Å². The van der Waals surface area contributed by atoms with Crippen molar-refractivity contribution in [3.8, 4) is 5.88 Å². The van der Waals surface area contributed by atoms with Crippen LogP contribution in [-0.4, -0.2) is 16.6 Å². The van der Waals surface area contributed by atoms with Crippen LogP contribution >= 0.6 is 15.9 Å². The molecule has 0 bridgehead atoms. The van der Waals surface area contributed by atoms with Gasteiger partial charge in [-0.15, -0.1) is 0 Å². The van der Waals surface area contributed by atoms with Gasteiger partial charge in [-0.05, 0) is 31.0 Å². The van der Waals surface area contributed by atoms with E-state index in [2.05, 4.69) is 44.2 Å². The van der Waals surface area contributed by atoms with Crippen molar-refractivity contribution in [2.45, 2.75) is 26.3 Å². The third-order valence-electron chi connectivity index (χ3n) is 2.99. The predicted octanol–water partition coefficient (Wildman–Crippen LogP) is 3.78. The number of nitrogens with two attached hydrogens (primary N) is 1. The van der Waals surface area contributed by atoms with E-state index in [0.717, 1.165) is 16.5 Å². The highest BCUT2D eigenvalue weighted by Crippen LogP contribution is 2.28. The molecular formula is C15H19BrN4O. The summed E-state index contributed by atoms with van der Waals surface area (Å²) in [5.41, 5.74) is 7.63. The molecule has 6 heteroatoms. The summed E-state index contributed by atoms with van der Waals surface area (Å²) in [4.78, 5) is 8.26. The van der Waals surface area contributed by atoms with E-state index in [9.17, 15) is 0 Å². The normalized spacial score (nSPS) is 12.0. The SMILES string of the molecule is CCCOc1ncnc(NC(C)c2cccc(Br)c2)c1N. The zero-order valence-electron chi connectivity index (χ0n) is 12.1. The molecule has 0 saturated heterocycles. The summed E-state index contributed by atoms with van der Waals surface area (Å²) < 4.78 is 6.55. The fourth-order valence-corrected chi connectivity index (χ4v) is 2.29. The average molecular weight is 351 g/mol. The number of anilines is 2. The van der Waals surface area contributed by atoms with Gasteiger partial charge < -0.3 is 15.8 Å². The maximum Gasteiger partial charge on any atom is 0.242 e. The molecule has 112 valence electrons. The van der Waals surface area contributed by atoms with Gasteiger partial charge in [-0.25, -0.2) is 4.98 Å². The number of nitrogens with zero attached hydrogens (tertiary/aromatic N) is 2. The van der Waals surface area contributed by atoms with Crippen LogP contribution in [0.15, 0.2) is 35.1 Å². The maximum atomic E-state index is 6.06. The van der Waals surface area contributed by atoms with Crippen LogP contribution in [0.2, 0.25) is 0 Å². The Morgan fingerprint density at radius 2 is 2.19 bits per heavy atom. The topological polar surface area (TPSA) is 73.1 Å². The second-order valence-corrected chi connectivity index (χ2v) is 5.63. The first kappa shape index (κ1) is 15.6. The van der Waals surface area contributed by atoms with Gasteiger partial charge in [0.2, 0.25) is 5.88 Å². The Morgan fingerprint density at radius 3 is 2.90 bits per heavy atom. The molecule has 5 nitrogen and oxygen atoms in total. The van der Waals surface area contributed by atoms with Crippen LogP contribution in [0.25, 0.3) is 0 Å². The number of aromatic nitrogens is 2. The summed E-state index contributed by atoms with van der Waals surface area (Å²) in [5, 5.41) is 3.29. The molecule has 0 spiro atoms. The van der Waals surface area contributed by atoms with Crippen molar-refractivity contribution in [3.05, 3.63) is 40.6 Å². The molecule has 1 atom stereocenters. The van der Waals surface area contributed by atoms with Crippen LogP contribution < -0.4 is 15.8 Å². The van der Waals surface area contributed by atoms with Crippen LogP contribution in [0, 0.1) is 0 Å². The Hall–Kier alpha value is -1.82. The van der Waals surface area contributed by atoms with Gasteiger partial charge in [0.05, 0.1) is 12.6 Å². The predicted molar refractivity (Wildman–Crippen MR) is 88.4 cm³/mol. The lowest BCUT2D eigenvalue weighted by Gasteiger charge is -2.17. The number of nitrogen functional groups attached to an aromatic ring is 1. The Morgan fingerprint density at radius 1 is 1.38 bits per heavy atom. The van der Waals surface area contributed by atoms with E-state index in [4.69, 9.17) is 10.5 Å². The highest BCUT2D eigenvalue weighted by molar-refractivity contribution is 9.10. The number of ether oxygens (including phenoxy) is 1. The summed E-state index contributed by atoms with van der Waals surface area (Å²) in [6.45, 7) is 4.67. The minimum absolute atomic E-state index is 0.0683. The van der Waals surface area contributed by atoms with Crippen molar-refractivity contribution < 1.29 is 4.74 Å². The van der Waals surface area contributed by atoms with Gasteiger partial charge in [0.1, 0.15) is 12.0 Å². The monoisotopic (exact) mass is 350 g/mol. The van der Waals surface area contributed by atoms with E-state index < -0.39 is 0 Å². The molecule has 2 rings (SSSR count). The first-order valence-corrected chi connectivity index (χ1v) is 7.66. The number of rotatable bonds is 6. The zero-order valence-corrected chi connectivity index (χ0v) is 13.7. The highest BCUT2D eigenvalue weighted by Gasteiger charge is 2.12. The van der Waals surface area contributed by atoms with Crippen LogP contribution in [0.1, 0.15) is 31.9 Å². The second-order valence-electron chi connectivity index (χ2n) is 4.71. The fourth-order valence-electron chi connectivity index (χ4n) is 1.87. The lowest BCUT2D eigenvalue weighted by Crippen LogP contribution is -2.11. The molecule has 0 saturated carbocycles. The summed E-state index contributed by atoms with van der Waals surface area (Å²) in [5.74, 6) is 1.01. The summed E-state index contributed by atoms with van der Waals surface area (Å²) >= 11 is 3.47. The van der Waals surface area contributed by atoms with E-state index in [-0.39, 0.29) is 6.04 Å². The van der Waals surface area contributed by atoms with Crippen molar-refractivity contribution in [2.75, 3.05) is 17.7 Å². The minimum Gasteiger partial charge on any atom is -0.476 e. The number of benzene rings is 1. The molecule has 0 amide bonds. The van der Waals surface area contributed by atoms with Gasteiger partial charge in [0.25, 0.3) is 0 Å². The Bertz CT molecular complexity index is 606. The third kappa shape index (κ3) is 4.07. The van der Waals surface area contributed by atoms with Crippen molar-refractivity contribution in [1.29, 1.82) is 0 Å². The molecule has 0 radical (unpaired) electrons. The van der Waals surface area contributed by atoms with Gasteiger partial charge in [0, 0.05) is 4.47 Å². The molecule has 0 aliphatic carbocycles. The maximum absolute atomic E-state index is 6.06. The molecular weight excluding hydrogens is 332 g/mol. The van der Waals surface area contributed by atoms with Crippen molar-refractivity contribution >= 4 is 27.4 Å². The van der Waals surface area contributed by atoms with Crippen molar-refractivity contribution in [1.82, 2.24) is 9.97 Å². The summed E-state index contributed by atoms with van der Waals surface area (Å²) in [7, 11) is 0. The molecule has 2 aromatic rings. The Balaban J connectivity index is 2.15. The van der Waals surface area contributed by atoms with E-state index in [1.807, 2.05) is 25.1 Å². The third-order valence-corrected chi connectivity index (χ3v) is 3.49. The molecule has 21 heavy (non-hydrogen) atoms. The van der Waals surface area contributed by atoms with Gasteiger partial charge in [-0.2, -0.15) is 4.98 Å². The molecule has 3 N–H and O–H groups in total. The van der Waals surface area contributed by atoms with Crippen LogP contribution in [0.4, 0.5) is 11.5 Å². The Labute approximate surface area is 133 Å². The fraction of sp³-hybridized carbons (Fsp3) is 0.333. The van der Waals surface area contributed by atoms with Gasteiger partial charge in [-0.1, -0.05) is 35.0 Å². The Kier molecular flexibility index (Phi) is 5.38. The molecule has 1 aromatic heterocycles. The average Bonchev–Trinajstić information content (AvgIpc) is 2.48. The van der Waals surface area contributed by atoms with E-state index >= 15 is 0 Å². The quantitative estimate of drug-likeness (QED) is 0.829. The van der Waals surface area contributed by atoms with Crippen LogP contribution in [0.5, 0.6) is 5.88 Å². The first-order chi connectivity index (χ1) is 10.1. The molecule has 1 heterocycles. The second kappa shape index (κ2) is 7.26. The first-order valence-electron chi connectivity index (χ1n) is 6.87. The lowest BCUT2D eigenvalue weighted by molar-refractivity contribution is 0.306. The molecule has 0 aliphatic rings. The molecule has 1 unspecified atom stereocenters. The standard InChI is InChI=1S/C15H19BrN4O/c1-3-7-21-15-13(17)14(18-9-19-15)20-10(2)11-5-4-6-12(16)8-11/h4-6,8-10H,3,7,17H2,1-2H3,(H,18,19,20). The van der Waals surface area contributed by atoms with Crippen LogP contribution in [0.3, 0.4) is 0 Å². The molecule has 1 aromatic carbocycles. The van der Waals surface area contributed by atoms with Gasteiger partial charge >= 0.3 is 0 Å². The highest BCUT2D eigenvalue weighted by atomic mass is 79.9.